The first-order chi connectivity index (χ1) is 16.1. The maximum absolute atomic E-state index is 12.3. The van der Waals surface area contributed by atoms with Crippen LogP contribution in [0.3, 0.4) is 0 Å². The fourth-order valence-electron chi connectivity index (χ4n) is 3.85. The summed E-state index contributed by atoms with van der Waals surface area (Å²) in [5.41, 5.74) is 0.866. The number of likely N-dealkylation sites (tertiary alicyclic amines) is 1. The van der Waals surface area contributed by atoms with Crippen LogP contribution in [0.2, 0.25) is 0 Å². The van der Waals surface area contributed by atoms with Crippen LogP contribution in [0, 0.1) is 0 Å². The Hall–Kier alpha value is -3.47. The SMILES string of the molecule is COC(=O)C(O)Cn1cc2ccc(-c3nc(C4CCN(C(=O)OC(C)(C)C)CC4)no3)cc2n1. The largest absolute Gasteiger partial charge is 0.467 e. The summed E-state index contributed by atoms with van der Waals surface area (Å²) in [4.78, 5) is 30.0. The van der Waals surface area contributed by atoms with Crippen LogP contribution in [0.5, 0.6) is 0 Å². The van der Waals surface area contributed by atoms with Gasteiger partial charge in [0, 0.05) is 36.2 Å². The molecule has 2 aromatic heterocycles. The van der Waals surface area contributed by atoms with Gasteiger partial charge in [0.1, 0.15) is 5.60 Å². The number of aliphatic hydroxyl groups is 1. The zero-order valence-electron chi connectivity index (χ0n) is 19.7. The zero-order valence-corrected chi connectivity index (χ0v) is 19.7. The number of carbonyl (C=O) groups excluding carboxylic acids is 2. The number of hydrogen-bond donors (Lipinski definition) is 1. The topological polar surface area (TPSA) is 133 Å². The number of ether oxygens (including phenoxy) is 2. The van der Waals surface area contributed by atoms with Crippen LogP contribution in [-0.2, 0) is 20.8 Å². The average molecular weight is 472 g/mol. The minimum atomic E-state index is -1.29. The van der Waals surface area contributed by atoms with Crippen LogP contribution < -0.4 is 0 Å². The highest BCUT2D eigenvalue weighted by Gasteiger charge is 2.29. The molecule has 0 radical (unpaired) electrons. The Morgan fingerprint density at radius 2 is 2.00 bits per heavy atom. The Kier molecular flexibility index (Phi) is 6.56. The van der Waals surface area contributed by atoms with Gasteiger partial charge in [-0.25, -0.2) is 9.59 Å². The van der Waals surface area contributed by atoms with Crippen LogP contribution in [0.1, 0.15) is 45.4 Å². The van der Waals surface area contributed by atoms with Gasteiger partial charge in [-0.1, -0.05) is 11.2 Å². The van der Waals surface area contributed by atoms with Crippen LogP contribution in [0.25, 0.3) is 22.4 Å². The maximum Gasteiger partial charge on any atom is 0.410 e. The van der Waals surface area contributed by atoms with Crippen LogP contribution in [0.15, 0.2) is 28.9 Å². The van der Waals surface area contributed by atoms with Gasteiger partial charge < -0.3 is 24.0 Å². The summed E-state index contributed by atoms with van der Waals surface area (Å²) in [6, 6.07) is 5.54. The van der Waals surface area contributed by atoms with E-state index >= 15 is 0 Å². The van der Waals surface area contributed by atoms with Crippen molar-refractivity contribution in [2.75, 3.05) is 20.2 Å². The van der Waals surface area contributed by atoms with Crippen LogP contribution >= 0.6 is 0 Å². The second-order valence-corrected chi connectivity index (χ2v) is 9.36. The molecular weight excluding hydrogens is 442 g/mol. The number of fused-ring (bicyclic) bond motifs is 1. The number of methoxy groups -OCH3 is 1. The van der Waals surface area contributed by atoms with Gasteiger partial charge in [0.15, 0.2) is 11.9 Å². The Morgan fingerprint density at radius 1 is 1.26 bits per heavy atom. The summed E-state index contributed by atoms with van der Waals surface area (Å²) < 4.78 is 17.0. The van der Waals surface area contributed by atoms with E-state index in [4.69, 9.17) is 9.26 Å². The molecule has 3 heterocycles. The van der Waals surface area contributed by atoms with E-state index in [2.05, 4.69) is 20.0 Å². The molecule has 1 aliphatic heterocycles. The summed E-state index contributed by atoms with van der Waals surface area (Å²) in [5.74, 6) is 0.385. The summed E-state index contributed by atoms with van der Waals surface area (Å²) >= 11 is 0. The van der Waals surface area contributed by atoms with E-state index in [0.717, 1.165) is 23.8 Å². The standard InChI is InChI=1S/C23H29N5O6/c1-23(2,3)33-22(31)27-9-7-14(8-10-27)19-24-20(34-26-19)15-5-6-16-12-28(25-17(16)11-15)13-18(29)21(30)32-4/h5-6,11-12,14,18,29H,7-10,13H2,1-4H3. The van der Waals surface area contributed by atoms with E-state index in [1.165, 1.54) is 11.8 Å². The van der Waals surface area contributed by atoms with Gasteiger partial charge in [-0.3, -0.25) is 4.68 Å². The normalized spacial score (nSPS) is 16.0. The highest BCUT2D eigenvalue weighted by molar-refractivity contribution is 5.82. The van der Waals surface area contributed by atoms with Gasteiger partial charge in [-0.05, 0) is 45.7 Å². The van der Waals surface area contributed by atoms with Crippen LogP contribution in [0.4, 0.5) is 4.79 Å². The van der Waals surface area contributed by atoms with Crippen molar-refractivity contribution >= 4 is 23.0 Å². The molecule has 1 atom stereocenters. The molecule has 0 saturated carbocycles. The Morgan fingerprint density at radius 3 is 2.68 bits per heavy atom. The number of piperidine rings is 1. The Labute approximate surface area is 196 Å². The Bertz CT molecular complexity index is 1170. The summed E-state index contributed by atoms with van der Waals surface area (Å²) in [7, 11) is 1.22. The zero-order chi connectivity index (χ0) is 24.5. The fourth-order valence-corrected chi connectivity index (χ4v) is 3.85. The first kappa shape index (κ1) is 23.7. The number of carbonyl (C=O) groups is 2. The molecule has 0 spiro atoms. The number of hydrogen-bond acceptors (Lipinski definition) is 9. The molecule has 182 valence electrons. The van der Waals surface area contributed by atoms with E-state index in [0.29, 0.717) is 30.3 Å². The number of rotatable bonds is 5. The summed E-state index contributed by atoms with van der Waals surface area (Å²) in [5, 5.41) is 19.3. The number of aliphatic hydroxyl groups excluding tert-OH is 1. The second-order valence-electron chi connectivity index (χ2n) is 9.36. The molecule has 3 aromatic rings. The van der Waals surface area contributed by atoms with Crippen molar-refractivity contribution in [1.29, 1.82) is 0 Å². The number of amides is 1. The highest BCUT2D eigenvalue weighted by Crippen LogP contribution is 2.29. The lowest BCUT2D eigenvalue weighted by atomic mass is 9.96. The third-order valence-corrected chi connectivity index (χ3v) is 5.59. The van der Waals surface area contributed by atoms with Crippen molar-refractivity contribution in [3.05, 3.63) is 30.2 Å². The minimum Gasteiger partial charge on any atom is -0.467 e. The molecule has 1 aliphatic rings. The van der Waals surface area contributed by atoms with Gasteiger partial charge in [0.2, 0.25) is 0 Å². The third kappa shape index (κ3) is 5.36. The first-order valence-electron chi connectivity index (χ1n) is 11.2. The smallest absolute Gasteiger partial charge is 0.410 e. The molecule has 0 bridgehead atoms. The summed E-state index contributed by atoms with van der Waals surface area (Å²) in [6.45, 7) is 6.70. The lowest BCUT2D eigenvalue weighted by Gasteiger charge is -2.32. The Balaban J connectivity index is 1.41. The molecule has 11 nitrogen and oxygen atoms in total. The van der Waals surface area contributed by atoms with E-state index in [9.17, 15) is 14.7 Å². The van der Waals surface area contributed by atoms with Crippen molar-refractivity contribution in [3.63, 3.8) is 0 Å². The predicted octanol–water partition coefficient (Wildman–Crippen LogP) is 2.73. The molecule has 1 saturated heterocycles. The fraction of sp³-hybridized carbons (Fsp3) is 0.522. The summed E-state index contributed by atoms with van der Waals surface area (Å²) in [6.07, 6.45) is 1.60. The van der Waals surface area contributed by atoms with E-state index in [1.54, 1.807) is 11.1 Å². The van der Waals surface area contributed by atoms with Crippen molar-refractivity contribution < 1.29 is 28.7 Å². The van der Waals surface area contributed by atoms with Gasteiger partial charge in [-0.2, -0.15) is 10.1 Å². The molecule has 4 rings (SSSR count). The van der Waals surface area contributed by atoms with Gasteiger partial charge in [0.25, 0.3) is 5.89 Å². The van der Waals surface area contributed by atoms with Crippen molar-refractivity contribution in [2.45, 2.75) is 57.8 Å². The molecule has 1 aromatic carbocycles. The maximum atomic E-state index is 12.3. The number of benzene rings is 1. The quantitative estimate of drug-likeness (QED) is 0.558. The number of esters is 1. The molecule has 1 amide bonds. The lowest BCUT2D eigenvalue weighted by Crippen LogP contribution is -2.41. The highest BCUT2D eigenvalue weighted by atomic mass is 16.6. The second kappa shape index (κ2) is 9.41. The molecular formula is C23H29N5O6. The number of nitrogens with zero attached hydrogens (tertiary/aromatic N) is 5. The monoisotopic (exact) mass is 471 g/mol. The van der Waals surface area contributed by atoms with E-state index < -0.39 is 17.7 Å². The lowest BCUT2D eigenvalue weighted by molar-refractivity contribution is -0.151. The van der Waals surface area contributed by atoms with Gasteiger partial charge in [0.05, 0.1) is 19.2 Å². The van der Waals surface area contributed by atoms with E-state index in [-0.39, 0.29) is 18.6 Å². The molecule has 1 fully saturated rings. The molecule has 0 aliphatic carbocycles. The average Bonchev–Trinajstić information content (AvgIpc) is 3.43. The van der Waals surface area contributed by atoms with Crippen molar-refractivity contribution in [3.8, 4) is 11.5 Å². The first-order valence-corrected chi connectivity index (χ1v) is 11.2. The van der Waals surface area contributed by atoms with Gasteiger partial charge >= 0.3 is 12.1 Å². The van der Waals surface area contributed by atoms with E-state index in [1.807, 2.05) is 39.0 Å². The van der Waals surface area contributed by atoms with Gasteiger partial charge in [-0.15, -0.1) is 0 Å². The molecule has 1 unspecified atom stereocenters. The van der Waals surface area contributed by atoms with Crippen molar-refractivity contribution in [1.82, 2.24) is 24.8 Å². The molecule has 11 heteroatoms. The van der Waals surface area contributed by atoms with Crippen molar-refractivity contribution in [2.24, 2.45) is 0 Å². The minimum absolute atomic E-state index is 0.0105. The number of aromatic nitrogens is 4. The molecule has 34 heavy (non-hydrogen) atoms. The third-order valence-electron chi connectivity index (χ3n) is 5.59. The molecule has 1 N–H and O–H groups in total. The predicted molar refractivity (Wildman–Crippen MR) is 121 cm³/mol. The van der Waals surface area contributed by atoms with Crippen LogP contribution in [-0.4, -0.2) is 73.9 Å².